The number of hydrogen-bond donors (Lipinski definition) is 1. The van der Waals surface area contributed by atoms with Crippen LogP contribution in [0.5, 0.6) is 11.5 Å². The van der Waals surface area contributed by atoms with Crippen molar-refractivity contribution in [3.8, 4) is 22.8 Å². The minimum Gasteiger partial charge on any atom is -0.497 e. The summed E-state index contributed by atoms with van der Waals surface area (Å²) in [6, 6.07) is 12.9. The van der Waals surface area contributed by atoms with Crippen molar-refractivity contribution < 1.29 is 22.3 Å². The van der Waals surface area contributed by atoms with Crippen LogP contribution in [-0.4, -0.2) is 39.0 Å². The Kier molecular flexibility index (Phi) is 6.48. The van der Waals surface area contributed by atoms with Crippen molar-refractivity contribution in [3.05, 3.63) is 70.8 Å². The Hall–Kier alpha value is -3.24. The second kappa shape index (κ2) is 9.06. The zero-order valence-electron chi connectivity index (χ0n) is 16.3. The Morgan fingerprint density at radius 2 is 1.77 bits per heavy atom. The molecule has 3 rings (SSSR count). The van der Waals surface area contributed by atoms with Crippen molar-refractivity contribution in [2.24, 2.45) is 0 Å². The molecule has 3 aromatic rings. The molecule has 1 aromatic heterocycles. The van der Waals surface area contributed by atoms with E-state index in [1.165, 1.54) is 56.7 Å². The maximum atomic E-state index is 13.1. The summed E-state index contributed by atoms with van der Waals surface area (Å²) in [4.78, 5) is 12.0. The number of nitrogens with one attached hydrogen (secondary N) is 1. The van der Waals surface area contributed by atoms with E-state index in [9.17, 15) is 17.6 Å². The first-order valence-corrected chi connectivity index (χ1v) is 10.4. The minimum atomic E-state index is -3.89. The van der Waals surface area contributed by atoms with Gasteiger partial charge < -0.3 is 9.47 Å². The van der Waals surface area contributed by atoms with Gasteiger partial charge in [-0.1, -0.05) is 0 Å². The summed E-state index contributed by atoms with van der Waals surface area (Å²) in [5, 5.41) is 4.23. The van der Waals surface area contributed by atoms with Crippen LogP contribution in [0.2, 0.25) is 0 Å². The second-order valence-corrected chi connectivity index (χ2v) is 7.94. The van der Waals surface area contributed by atoms with Crippen LogP contribution >= 0.6 is 0 Å². The van der Waals surface area contributed by atoms with Crippen molar-refractivity contribution in [2.45, 2.75) is 11.4 Å². The zero-order chi connectivity index (χ0) is 21.7. The van der Waals surface area contributed by atoms with Gasteiger partial charge in [0.2, 0.25) is 10.0 Å². The molecular formula is C20H20FN3O5S. The molecule has 0 atom stereocenters. The molecule has 0 amide bonds. The van der Waals surface area contributed by atoms with Gasteiger partial charge in [-0.2, -0.15) is 5.10 Å². The van der Waals surface area contributed by atoms with E-state index in [-0.39, 0.29) is 35.1 Å². The lowest BCUT2D eigenvalue weighted by molar-refractivity contribution is 0.386. The van der Waals surface area contributed by atoms with Crippen LogP contribution in [0, 0.1) is 5.82 Å². The summed E-state index contributed by atoms with van der Waals surface area (Å²) in [6.45, 7) is -0.0666. The van der Waals surface area contributed by atoms with Crippen molar-refractivity contribution in [1.82, 2.24) is 14.5 Å². The first-order valence-electron chi connectivity index (χ1n) is 8.90. The van der Waals surface area contributed by atoms with Gasteiger partial charge in [-0.05, 0) is 42.5 Å². The van der Waals surface area contributed by atoms with Gasteiger partial charge in [-0.25, -0.2) is 22.2 Å². The Labute approximate surface area is 172 Å². The molecule has 0 bridgehead atoms. The van der Waals surface area contributed by atoms with Crippen molar-refractivity contribution in [1.29, 1.82) is 0 Å². The van der Waals surface area contributed by atoms with Crippen LogP contribution in [0.4, 0.5) is 4.39 Å². The fourth-order valence-electron chi connectivity index (χ4n) is 2.74. The lowest BCUT2D eigenvalue weighted by Crippen LogP contribution is -2.32. The molecule has 158 valence electrons. The molecule has 0 aliphatic heterocycles. The summed E-state index contributed by atoms with van der Waals surface area (Å²) in [5.41, 5.74) is 0.713. The molecule has 0 fully saturated rings. The van der Waals surface area contributed by atoms with Gasteiger partial charge >= 0.3 is 0 Å². The fourth-order valence-corrected chi connectivity index (χ4v) is 3.91. The topological polar surface area (TPSA) is 99.5 Å². The van der Waals surface area contributed by atoms with Gasteiger partial charge in [0.1, 0.15) is 22.2 Å². The van der Waals surface area contributed by atoms with Crippen LogP contribution in [0.15, 0.2) is 64.3 Å². The summed E-state index contributed by atoms with van der Waals surface area (Å²) in [6.07, 6.45) is 0. The van der Waals surface area contributed by atoms with E-state index in [1.54, 1.807) is 12.1 Å². The lowest BCUT2D eigenvalue weighted by atomic mass is 10.1. The normalized spacial score (nSPS) is 11.3. The van der Waals surface area contributed by atoms with Gasteiger partial charge in [0.25, 0.3) is 5.56 Å². The van der Waals surface area contributed by atoms with Gasteiger partial charge in [-0.15, -0.1) is 0 Å². The molecule has 0 aliphatic carbocycles. The Morgan fingerprint density at radius 1 is 1.03 bits per heavy atom. The van der Waals surface area contributed by atoms with E-state index in [1.807, 2.05) is 0 Å². The molecule has 8 nitrogen and oxygen atoms in total. The maximum Gasteiger partial charge on any atom is 0.266 e. The molecule has 1 heterocycles. The molecule has 0 radical (unpaired) electrons. The molecule has 30 heavy (non-hydrogen) atoms. The number of rotatable bonds is 8. The average Bonchev–Trinajstić information content (AvgIpc) is 2.75. The van der Waals surface area contributed by atoms with Crippen LogP contribution in [0.3, 0.4) is 0 Å². The monoisotopic (exact) mass is 433 g/mol. The van der Waals surface area contributed by atoms with Crippen LogP contribution < -0.4 is 19.8 Å². The number of hydrogen-bond acceptors (Lipinski definition) is 6. The van der Waals surface area contributed by atoms with E-state index in [0.717, 1.165) is 4.68 Å². The second-order valence-electron chi connectivity index (χ2n) is 6.20. The number of nitrogens with zero attached hydrogens (tertiary/aromatic N) is 2. The zero-order valence-corrected chi connectivity index (χ0v) is 17.1. The van der Waals surface area contributed by atoms with Gasteiger partial charge in [0.15, 0.2) is 0 Å². The Morgan fingerprint density at radius 3 is 2.43 bits per heavy atom. The van der Waals surface area contributed by atoms with Crippen LogP contribution in [0.25, 0.3) is 11.3 Å². The van der Waals surface area contributed by atoms with Crippen LogP contribution in [0.1, 0.15) is 0 Å². The highest BCUT2D eigenvalue weighted by Gasteiger charge is 2.20. The maximum absolute atomic E-state index is 13.1. The molecule has 0 saturated heterocycles. The summed E-state index contributed by atoms with van der Waals surface area (Å²) in [5.74, 6) is 0.213. The number of benzene rings is 2. The molecule has 2 aromatic carbocycles. The highest BCUT2D eigenvalue weighted by molar-refractivity contribution is 7.89. The van der Waals surface area contributed by atoms with Crippen molar-refractivity contribution >= 4 is 10.0 Å². The molecule has 0 aliphatic rings. The molecule has 1 N–H and O–H groups in total. The summed E-state index contributed by atoms with van der Waals surface area (Å²) in [7, 11) is -1.07. The first kappa shape index (κ1) is 21.5. The predicted molar refractivity (Wildman–Crippen MR) is 109 cm³/mol. The van der Waals surface area contributed by atoms with E-state index in [4.69, 9.17) is 9.47 Å². The van der Waals surface area contributed by atoms with Gasteiger partial charge in [-0.3, -0.25) is 4.79 Å². The van der Waals surface area contributed by atoms with Gasteiger partial charge in [0.05, 0.1) is 26.5 Å². The quantitative estimate of drug-likeness (QED) is 0.584. The van der Waals surface area contributed by atoms with Gasteiger partial charge in [0, 0.05) is 24.2 Å². The van der Waals surface area contributed by atoms with E-state index >= 15 is 0 Å². The van der Waals surface area contributed by atoms with Crippen molar-refractivity contribution in [3.63, 3.8) is 0 Å². The largest absolute Gasteiger partial charge is 0.497 e. The number of sulfonamides is 1. The number of halogens is 1. The average molecular weight is 433 g/mol. The highest BCUT2D eigenvalue weighted by Crippen LogP contribution is 2.28. The standard InChI is InChI=1S/C20H20FN3O5S/c1-28-16-7-9-19(18(13-16)29-2)30(26,27)22-11-12-24-20(25)10-8-17(23-24)14-3-5-15(21)6-4-14/h3-10,13,22H,11-12H2,1-2H3. The first-order chi connectivity index (χ1) is 14.3. The summed E-state index contributed by atoms with van der Waals surface area (Å²) < 4.78 is 52.2. The number of ether oxygens (including phenoxy) is 2. The molecule has 0 saturated carbocycles. The summed E-state index contributed by atoms with van der Waals surface area (Å²) >= 11 is 0. The third-order valence-corrected chi connectivity index (χ3v) is 5.78. The lowest BCUT2D eigenvalue weighted by Gasteiger charge is -2.12. The Bertz CT molecular complexity index is 1190. The predicted octanol–water partition coefficient (Wildman–Crippen LogP) is 2.05. The highest BCUT2D eigenvalue weighted by atomic mass is 32.2. The number of aromatic nitrogens is 2. The van der Waals surface area contributed by atoms with E-state index in [0.29, 0.717) is 17.0 Å². The molecule has 0 unspecified atom stereocenters. The molecular weight excluding hydrogens is 413 g/mol. The van der Waals surface area contributed by atoms with E-state index < -0.39 is 10.0 Å². The smallest absolute Gasteiger partial charge is 0.266 e. The third-order valence-electron chi connectivity index (χ3n) is 4.28. The third kappa shape index (κ3) is 4.84. The minimum absolute atomic E-state index is 0.00552. The van der Waals surface area contributed by atoms with E-state index in [2.05, 4.69) is 9.82 Å². The Balaban J connectivity index is 1.75. The number of methoxy groups -OCH3 is 2. The fraction of sp³-hybridized carbons (Fsp3) is 0.200. The SMILES string of the molecule is COc1ccc(S(=O)(=O)NCCn2nc(-c3ccc(F)cc3)ccc2=O)c(OC)c1. The van der Waals surface area contributed by atoms with Crippen LogP contribution in [-0.2, 0) is 16.6 Å². The molecule has 10 heteroatoms. The molecule has 0 spiro atoms. The van der Waals surface area contributed by atoms with Crippen molar-refractivity contribution in [2.75, 3.05) is 20.8 Å².